The molecule has 0 radical (unpaired) electrons. The quantitative estimate of drug-likeness (QED) is 0.781. The Morgan fingerprint density at radius 3 is 2.75 bits per heavy atom. The maximum absolute atomic E-state index is 11.1. The normalized spacial score (nSPS) is 13.8. The molecule has 0 saturated heterocycles. The number of thiophene rings is 1. The highest BCUT2D eigenvalue weighted by Gasteiger charge is 2.13. The summed E-state index contributed by atoms with van der Waals surface area (Å²) in [5.41, 5.74) is 5.35. The molecule has 4 N–H and O–H groups in total. The van der Waals surface area contributed by atoms with Crippen molar-refractivity contribution in [3.63, 3.8) is 0 Å². The van der Waals surface area contributed by atoms with E-state index in [0.717, 1.165) is 4.88 Å². The van der Waals surface area contributed by atoms with E-state index >= 15 is 0 Å². The fraction of sp³-hybridized carbons (Fsp3) is 0.444. The van der Waals surface area contributed by atoms with Gasteiger partial charge in [0.25, 0.3) is 0 Å². The molecule has 1 aromatic heterocycles. The first-order valence-corrected chi connectivity index (χ1v) is 5.66. The van der Waals surface area contributed by atoms with E-state index in [2.05, 4.69) is 5.32 Å². The van der Waals surface area contributed by atoms with E-state index in [1.807, 2.05) is 0 Å². The number of hydrogen-bond acceptors (Lipinski definition) is 4. The van der Waals surface area contributed by atoms with Gasteiger partial charge in [0.05, 0.1) is 10.4 Å². The monoisotopic (exact) mass is 284 g/mol. The fourth-order valence-corrected chi connectivity index (χ4v) is 2.01. The molecule has 1 aromatic rings. The number of hydrogen-bond donors (Lipinski definition) is 3. The van der Waals surface area contributed by atoms with Gasteiger partial charge in [-0.2, -0.15) is 0 Å². The van der Waals surface area contributed by atoms with E-state index in [9.17, 15) is 9.90 Å². The molecule has 0 aliphatic heterocycles. The van der Waals surface area contributed by atoms with Gasteiger partial charge in [0.2, 0.25) is 5.91 Å². The summed E-state index contributed by atoms with van der Waals surface area (Å²) in [6, 6.07) is 2.87. The van der Waals surface area contributed by atoms with Gasteiger partial charge in [0.15, 0.2) is 0 Å². The molecule has 1 amide bonds. The van der Waals surface area contributed by atoms with Crippen molar-refractivity contribution in [1.82, 2.24) is 5.32 Å². The molecular formula is C9H14Cl2N2O2S. The molecule has 4 nitrogen and oxygen atoms in total. The zero-order valence-electron chi connectivity index (χ0n) is 8.64. The summed E-state index contributed by atoms with van der Waals surface area (Å²) in [5, 5.41) is 12.2. The van der Waals surface area contributed by atoms with Crippen LogP contribution in [-0.2, 0) is 4.79 Å². The molecule has 1 heterocycles. The highest BCUT2D eigenvalue weighted by molar-refractivity contribution is 7.16. The molecule has 0 aliphatic rings. The summed E-state index contributed by atoms with van der Waals surface area (Å²) in [6.45, 7) is 1.74. The Labute approximate surface area is 109 Å². The van der Waals surface area contributed by atoms with Crippen molar-refractivity contribution in [2.45, 2.75) is 19.1 Å². The number of nitrogens with one attached hydrogen (secondary N) is 1. The first-order valence-electron chi connectivity index (χ1n) is 4.47. The van der Waals surface area contributed by atoms with Crippen LogP contribution in [0.4, 0.5) is 0 Å². The van der Waals surface area contributed by atoms with Gasteiger partial charge in [-0.05, 0) is 19.1 Å². The molecule has 0 aliphatic carbocycles. The van der Waals surface area contributed by atoms with Crippen molar-refractivity contribution in [3.05, 3.63) is 21.3 Å². The fourth-order valence-electron chi connectivity index (χ4n) is 0.966. The Kier molecular flexibility index (Phi) is 6.94. The van der Waals surface area contributed by atoms with Crippen molar-refractivity contribution in [2.75, 3.05) is 6.54 Å². The first-order chi connectivity index (χ1) is 7.00. The van der Waals surface area contributed by atoms with Crippen LogP contribution in [0.1, 0.15) is 17.9 Å². The highest BCUT2D eigenvalue weighted by atomic mass is 35.5. The molecule has 0 saturated carbocycles. The van der Waals surface area contributed by atoms with Crippen LogP contribution in [0.2, 0.25) is 4.34 Å². The third kappa shape index (κ3) is 4.67. The van der Waals surface area contributed by atoms with E-state index in [1.54, 1.807) is 19.1 Å². The van der Waals surface area contributed by atoms with Crippen LogP contribution in [-0.4, -0.2) is 23.6 Å². The minimum atomic E-state index is -0.731. The molecule has 92 valence electrons. The van der Waals surface area contributed by atoms with Gasteiger partial charge in [0, 0.05) is 11.4 Å². The second-order valence-corrected chi connectivity index (χ2v) is 4.94. The van der Waals surface area contributed by atoms with Crippen molar-refractivity contribution < 1.29 is 9.90 Å². The molecule has 1 rings (SSSR count). The smallest absolute Gasteiger partial charge is 0.236 e. The minimum Gasteiger partial charge on any atom is -0.386 e. The lowest BCUT2D eigenvalue weighted by atomic mass is 10.2. The van der Waals surface area contributed by atoms with E-state index in [4.69, 9.17) is 17.3 Å². The highest BCUT2D eigenvalue weighted by Crippen LogP contribution is 2.26. The van der Waals surface area contributed by atoms with Gasteiger partial charge in [-0.15, -0.1) is 23.7 Å². The average Bonchev–Trinajstić information content (AvgIpc) is 2.60. The molecular weight excluding hydrogens is 271 g/mol. The van der Waals surface area contributed by atoms with Crippen LogP contribution in [0.5, 0.6) is 0 Å². The summed E-state index contributed by atoms with van der Waals surface area (Å²) in [7, 11) is 0. The summed E-state index contributed by atoms with van der Waals surface area (Å²) in [4.78, 5) is 11.8. The van der Waals surface area contributed by atoms with Crippen molar-refractivity contribution in [1.29, 1.82) is 0 Å². The Morgan fingerprint density at radius 1 is 1.69 bits per heavy atom. The first kappa shape index (κ1) is 15.7. The molecule has 7 heteroatoms. The van der Waals surface area contributed by atoms with Crippen LogP contribution in [0.25, 0.3) is 0 Å². The standard InChI is InChI=1S/C9H13ClN2O2S.ClH/c1-5(11)9(14)12-4-6(13)7-2-3-8(10)15-7;/h2-3,5-6,13H,4,11H2,1H3,(H,12,14);1H/t5-,6?;/m0./s1. The van der Waals surface area contributed by atoms with Crippen molar-refractivity contribution in [3.8, 4) is 0 Å². The van der Waals surface area contributed by atoms with Crippen LogP contribution in [0, 0.1) is 0 Å². The Morgan fingerprint density at radius 2 is 2.31 bits per heavy atom. The molecule has 16 heavy (non-hydrogen) atoms. The average molecular weight is 285 g/mol. The minimum absolute atomic E-state index is 0. The molecule has 0 fully saturated rings. The molecule has 1 unspecified atom stereocenters. The van der Waals surface area contributed by atoms with E-state index in [1.165, 1.54) is 11.3 Å². The van der Waals surface area contributed by atoms with Crippen LogP contribution >= 0.6 is 35.3 Å². The second-order valence-electron chi connectivity index (χ2n) is 3.19. The van der Waals surface area contributed by atoms with Crippen LogP contribution < -0.4 is 11.1 Å². The molecule has 0 spiro atoms. The predicted molar refractivity (Wildman–Crippen MR) is 68.2 cm³/mol. The lowest BCUT2D eigenvalue weighted by molar-refractivity contribution is -0.122. The Balaban J connectivity index is 0.00000225. The zero-order chi connectivity index (χ0) is 11.4. The van der Waals surface area contributed by atoms with Gasteiger partial charge in [-0.1, -0.05) is 11.6 Å². The van der Waals surface area contributed by atoms with Crippen LogP contribution in [0.15, 0.2) is 12.1 Å². The van der Waals surface area contributed by atoms with E-state index in [-0.39, 0.29) is 24.9 Å². The number of carbonyl (C=O) groups is 1. The van der Waals surface area contributed by atoms with Crippen LogP contribution in [0.3, 0.4) is 0 Å². The number of amides is 1. The lowest BCUT2D eigenvalue weighted by Gasteiger charge is -2.11. The Hall–Kier alpha value is -0.330. The second kappa shape index (κ2) is 7.09. The largest absolute Gasteiger partial charge is 0.386 e. The summed E-state index contributed by atoms with van der Waals surface area (Å²) < 4.78 is 0.613. The zero-order valence-corrected chi connectivity index (χ0v) is 11.0. The third-order valence-electron chi connectivity index (χ3n) is 1.81. The SMILES string of the molecule is C[C@H](N)C(=O)NCC(O)c1ccc(Cl)s1.Cl. The molecule has 2 atom stereocenters. The molecule has 0 bridgehead atoms. The van der Waals surface area contributed by atoms with Gasteiger partial charge >= 0.3 is 0 Å². The van der Waals surface area contributed by atoms with Crippen molar-refractivity contribution >= 4 is 41.3 Å². The summed E-state index contributed by atoms with van der Waals surface area (Å²) in [6.07, 6.45) is -0.731. The summed E-state index contributed by atoms with van der Waals surface area (Å²) in [5.74, 6) is -0.281. The summed E-state index contributed by atoms with van der Waals surface area (Å²) >= 11 is 7.01. The van der Waals surface area contributed by atoms with Gasteiger partial charge in [0.1, 0.15) is 6.10 Å². The number of aliphatic hydroxyl groups is 1. The lowest BCUT2D eigenvalue weighted by Crippen LogP contribution is -2.40. The topological polar surface area (TPSA) is 75.4 Å². The van der Waals surface area contributed by atoms with Gasteiger partial charge in [-0.3, -0.25) is 4.79 Å². The number of aliphatic hydroxyl groups excluding tert-OH is 1. The predicted octanol–water partition coefficient (Wildman–Crippen LogP) is 1.32. The number of rotatable bonds is 4. The van der Waals surface area contributed by atoms with Gasteiger partial charge in [-0.25, -0.2) is 0 Å². The maximum atomic E-state index is 11.1. The maximum Gasteiger partial charge on any atom is 0.236 e. The third-order valence-corrected chi connectivity index (χ3v) is 3.14. The number of carbonyl (C=O) groups excluding carboxylic acids is 1. The van der Waals surface area contributed by atoms with E-state index < -0.39 is 12.1 Å². The van der Waals surface area contributed by atoms with Gasteiger partial charge < -0.3 is 16.2 Å². The number of halogens is 2. The number of nitrogens with two attached hydrogens (primary N) is 1. The van der Waals surface area contributed by atoms with Crippen molar-refractivity contribution in [2.24, 2.45) is 5.73 Å². The van der Waals surface area contributed by atoms with E-state index in [0.29, 0.717) is 4.34 Å². The Bertz CT molecular complexity index is 344. The molecule has 0 aromatic carbocycles.